The van der Waals surface area contributed by atoms with Crippen molar-refractivity contribution in [1.82, 2.24) is 10.5 Å². The molecule has 4 rings (SSSR count). The minimum atomic E-state index is -1.02. The molecule has 3 aromatic rings. The minimum absolute atomic E-state index is 0.413. The maximum absolute atomic E-state index is 12.8. The molecule has 0 spiro atoms. The van der Waals surface area contributed by atoms with Gasteiger partial charge in [0.05, 0.1) is 23.4 Å². The number of rotatable bonds is 3. The lowest BCUT2D eigenvalue weighted by Gasteiger charge is -2.42. The van der Waals surface area contributed by atoms with Crippen molar-refractivity contribution >= 4 is 11.7 Å². The van der Waals surface area contributed by atoms with Gasteiger partial charge in [0.15, 0.2) is 5.76 Å². The van der Waals surface area contributed by atoms with Crippen LogP contribution in [-0.4, -0.2) is 28.0 Å². The zero-order valence-electron chi connectivity index (χ0n) is 17.3. The smallest absolute Gasteiger partial charge is 0.319 e. The third-order valence-corrected chi connectivity index (χ3v) is 5.19. The summed E-state index contributed by atoms with van der Waals surface area (Å²) in [5, 5.41) is 29.6. The molecule has 3 N–H and O–H groups in total. The first-order valence-electron chi connectivity index (χ1n) is 9.79. The fourth-order valence-electron chi connectivity index (χ4n) is 3.58. The Bertz CT molecular complexity index is 1180. The summed E-state index contributed by atoms with van der Waals surface area (Å²) in [6, 6.07) is 14.7. The molecule has 8 heteroatoms. The number of ether oxygens (including phenoxy) is 1. The summed E-state index contributed by atoms with van der Waals surface area (Å²) >= 11 is 0. The van der Waals surface area contributed by atoms with Gasteiger partial charge in [0, 0.05) is 22.9 Å². The van der Waals surface area contributed by atoms with Crippen molar-refractivity contribution in [3.8, 4) is 23.1 Å². The van der Waals surface area contributed by atoms with E-state index in [2.05, 4.69) is 21.9 Å². The van der Waals surface area contributed by atoms with Gasteiger partial charge in [-0.15, -0.1) is 0 Å². The topological polar surface area (TPSA) is 120 Å². The number of carbonyl (C=O) groups is 1. The predicted molar refractivity (Wildman–Crippen MR) is 113 cm³/mol. The summed E-state index contributed by atoms with van der Waals surface area (Å²) < 4.78 is 11.2. The van der Waals surface area contributed by atoms with E-state index in [9.17, 15) is 15.2 Å². The Morgan fingerprint density at radius 2 is 2.03 bits per heavy atom. The van der Waals surface area contributed by atoms with Crippen LogP contribution in [0.5, 0.6) is 5.75 Å². The van der Waals surface area contributed by atoms with E-state index in [0.717, 1.165) is 11.3 Å². The first-order chi connectivity index (χ1) is 14.8. The maximum Gasteiger partial charge on any atom is 0.319 e. The van der Waals surface area contributed by atoms with Crippen LogP contribution in [0.1, 0.15) is 36.7 Å². The van der Waals surface area contributed by atoms with Crippen molar-refractivity contribution in [2.24, 2.45) is 0 Å². The number of aryl methyl sites for hydroxylation is 1. The highest BCUT2D eigenvalue weighted by molar-refractivity contribution is 5.90. The van der Waals surface area contributed by atoms with Gasteiger partial charge in [-0.3, -0.25) is 0 Å². The third-order valence-electron chi connectivity index (χ3n) is 5.19. The normalized spacial score (nSPS) is 18.9. The number of amides is 2. The molecule has 2 heterocycles. The van der Waals surface area contributed by atoms with Gasteiger partial charge in [-0.2, -0.15) is 5.26 Å². The SMILES string of the molecule is Cc1cc(-c2cccc(NC(=O)NC3c4cc(C#N)ccc4OC(C)(C)C3O)c2)on1. The van der Waals surface area contributed by atoms with Gasteiger partial charge in [0.2, 0.25) is 0 Å². The molecule has 0 radical (unpaired) electrons. The quantitative estimate of drug-likeness (QED) is 0.593. The first-order valence-corrected chi connectivity index (χ1v) is 9.79. The molecule has 0 saturated carbocycles. The van der Waals surface area contributed by atoms with E-state index in [1.807, 2.05) is 19.1 Å². The highest BCUT2D eigenvalue weighted by Crippen LogP contribution is 2.40. The summed E-state index contributed by atoms with van der Waals surface area (Å²) in [6.45, 7) is 5.32. The van der Waals surface area contributed by atoms with Crippen LogP contribution >= 0.6 is 0 Å². The Balaban J connectivity index is 1.56. The van der Waals surface area contributed by atoms with Gasteiger partial charge in [-0.05, 0) is 51.1 Å². The summed E-state index contributed by atoms with van der Waals surface area (Å²) in [4.78, 5) is 12.8. The van der Waals surface area contributed by atoms with Crippen LogP contribution in [0.15, 0.2) is 53.1 Å². The number of nitrogens with zero attached hydrogens (tertiary/aromatic N) is 2. The molecule has 1 aliphatic rings. The molecule has 0 aliphatic carbocycles. The number of benzene rings is 2. The number of hydrogen-bond donors (Lipinski definition) is 3. The molecule has 31 heavy (non-hydrogen) atoms. The number of nitriles is 1. The Hall–Kier alpha value is -3.83. The molecule has 1 aliphatic heterocycles. The van der Waals surface area contributed by atoms with Gasteiger partial charge >= 0.3 is 6.03 Å². The second-order valence-corrected chi connectivity index (χ2v) is 8.00. The Labute approximate surface area is 179 Å². The van der Waals surface area contributed by atoms with E-state index in [1.165, 1.54) is 0 Å². The molecular weight excluding hydrogens is 396 g/mol. The van der Waals surface area contributed by atoms with Crippen molar-refractivity contribution < 1.29 is 19.2 Å². The summed E-state index contributed by atoms with van der Waals surface area (Å²) in [6.07, 6.45) is -1.02. The Morgan fingerprint density at radius 3 is 2.74 bits per heavy atom. The second kappa shape index (κ2) is 7.78. The third kappa shape index (κ3) is 4.09. The fourth-order valence-corrected chi connectivity index (χ4v) is 3.58. The van der Waals surface area contributed by atoms with Crippen LogP contribution in [0.25, 0.3) is 11.3 Å². The average Bonchev–Trinajstić information content (AvgIpc) is 3.17. The van der Waals surface area contributed by atoms with Gasteiger partial charge in [-0.25, -0.2) is 4.79 Å². The van der Waals surface area contributed by atoms with Gasteiger partial charge in [0.1, 0.15) is 17.5 Å². The number of aliphatic hydroxyl groups excluding tert-OH is 1. The number of anilines is 1. The Kier molecular flexibility index (Phi) is 5.13. The first kappa shape index (κ1) is 20.4. The van der Waals surface area contributed by atoms with Crippen LogP contribution in [0.2, 0.25) is 0 Å². The zero-order chi connectivity index (χ0) is 22.2. The lowest BCUT2D eigenvalue weighted by Crippen LogP contribution is -2.54. The van der Waals surface area contributed by atoms with E-state index >= 15 is 0 Å². The van der Waals surface area contributed by atoms with Crippen LogP contribution in [0.3, 0.4) is 0 Å². The van der Waals surface area contributed by atoms with E-state index in [-0.39, 0.29) is 0 Å². The number of hydrogen-bond acceptors (Lipinski definition) is 6. The van der Waals surface area contributed by atoms with Crippen molar-refractivity contribution in [3.05, 3.63) is 65.4 Å². The molecular formula is C23H22N4O4. The standard InChI is InChI=1S/C23H22N4O4/c1-13-9-19(31-27-13)15-5-4-6-16(11-15)25-22(29)26-20-17-10-14(12-24)7-8-18(17)30-23(2,3)21(20)28/h4-11,20-21,28H,1-3H3,(H2,25,26,29). The van der Waals surface area contributed by atoms with Crippen LogP contribution in [-0.2, 0) is 0 Å². The molecule has 2 aromatic carbocycles. The summed E-state index contributed by atoms with van der Waals surface area (Å²) in [5.41, 5.74) is 2.12. The molecule has 2 unspecified atom stereocenters. The number of fused-ring (bicyclic) bond motifs is 1. The number of aliphatic hydroxyl groups is 1. The predicted octanol–water partition coefficient (Wildman–Crippen LogP) is 3.92. The number of aromatic nitrogens is 1. The van der Waals surface area contributed by atoms with Crippen LogP contribution in [0.4, 0.5) is 10.5 Å². The van der Waals surface area contributed by atoms with Crippen molar-refractivity contribution in [2.45, 2.75) is 38.5 Å². The Morgan fingerprint density at radius 1 is 1.23 bits per heavy atom. The molecule has 1 aromatic heterocycles. The highest BCUT2D eigenvalue weighted by Gasteiger charge is 2.43. The summed E-state index contributed by atoms with van der Waals surface area (Å²) in [7, 11) is 0. The highest BCUT2D eigenvalue weighted by atomic mass is 16.5. The number of nitrogens with one attached hydrogen (secondary N) is 2. The zero-order valence-corrected chi connectivity index (χ0v) is 17.3. The van der Waals surface area contributed by atoms with Gasteiger partial charge in [-0.1, -0.05) is 17.3 Å². The largest absolute Gasteiger partial charge is 0.485 e. The van der Waals surface area contributed by atoms with E-state index in [1.54, 1.807) is 50.2 Å². The second-order valence-electron chi connectivity index (χ2n) is 8.00. The molecule has 0 bridgehead atoms. The molecule has 0 fully saturated rings. The van der Waals surface area contributed by atoms with Crippen molar-refractivity contribution in [1.29, 1.82) is 5.26 Å². The maximum atomic E-state index is 12.8. The molecule has 0 saturated heterocycles. The summed E-state index contributed by atoms with van der Waals surface area (Å²) in [5.74, 6) is 1.11. The van der Waals surface area contributed by atoms with Crippen molar-refractivity contribution in [2.75, 3.05) is 5.32 Å². The van der Waals surface area contributed by atoms with Crippen molar-refractivity contribution in [3.63, 3.8) is 0 Å². The number of urea groups is 1. The average molecular weight is 418 g/mol. The van der Waals surface area contributed by atoms with E-state index in [0.29, 0.717) is 28.3 Å². The van der Waals surface area contributed by atoms with E-state index < -0.39 is 23.8 Å². The number of carbonyl (C=O) groups excluding carboxylic acids is 1. The van der Waals surface area contributed by atoms with Crippen LogP contribution in [0, 0.1) is 18.3 Å². The minimum Gasteiger partial charge on any atom is -0.485 e. The lowest BCUT2D eigenvalue weighted by molar-refractivity contribution is -0.0618. The van der Waals surface area contributed by atoms with Crippen LogP contribution < -0.4 is 15.4 Å². The van der Waals surface area contributed by atoms with Gasteiger partial charge < -0.3 is 25.0 Å². The van der Waals surface area contributed by atoms with E-state index in [4.69, 9.17) is 9.26 Å². The lowest BCUT2D eigenvalue weighted by atomic mass is 9.86. The monoisotopic (exact) mass is 418 g/mol. The molecule has 2 amide bonds. The fraction of sp³-hybridized carbons (Fsp3) is 0.261. The molecule has 8 nitrogen and oxygen atoms in total. The molecule has 158 valence electrons. The molecule has 2 atom stereocenters. The van der Waals surface area contributed by atoms with Gasteiger partial charge in [0.25, 0.3) is 0 Å².